The quantitative estimate of drug-likeness (QED) is 0.732. The Balaban J connectivity index is 2.24. The number of hydrogen-bond donors (Lipinski definition) is 3. The number of H-pyrrole nitrogens is 1. The molecule has 1 aromatic heterocycles. The molecule has 104 valence electrons. The van der Waals surface area contributed by atoms with Crippen molar-refractivity contribution in [3.63, 3.8) is 0 Å². The van der Waals surface area contributed by atoms with Gasteiger partial charge in [0.1, 0.15) is 0 Å². The molecular formula is C12H9Br2N3O3. The average molecular weight is 403 g/mol. The van der Waals surface area contributed by atoms with Gasteiger partial charge in [-0.15, -0.1) is 0 Å². The number of rotatable bonds is 4. The highest BCUT2D eigenvalue weighted by atomic mass is 79.9. The monoisotopic (exact) mass is 401 g/mol. The maximum Gasteiger partial charge on any atom is 0.337 e. The topological polar surface area (TPSA) is 95.1 Å². The molecule has 3 N–H and O–H groups in total. The Labute approximate surface area is 130 Å². The third kappa shape index (κ3) is 3.45. The first-order valence-corrected chi connectivity index (χ1v) is 7.06. The molecule has 0 atom stereocenters. The minimum absolute atomic E-state index is 0.00390. The van der Waals surface area contributed by atoms with Crippen LogP contribution in [0.1, 0.15) is 16.1 Å². The summed E-state index contributed by atoms with van der Waals surface area (Å²) >= 11 is 6.46. The molecule has 0 saturated heterocycles. The zero-order valence-corrected chi connectivity index (χ0v) is 13.2. The van der Waals surface area contributed by atoms with Gasteiger partial charge in [0.2, 0.25) is 5.91 Å². The van der Waals surface area contributed by atoms with E-state index in [9.17, 15) is 14.7 Å². The van der Waals surface area contributed by atoms with Crippen LogP contribution in [-0.4, -0.2) is 27.2 Å². The third-order valence-electron chi connectivity index (χ3n) is 2.46. The predicted octanol–water partition coefficient (Wildman–Crippen LogP) is 2.81. The van der Waals surface area contributed by atoms with E-state index in [0.29, 0.717) is 14.6 Å². The maximum atomic E-state index is 11.9. The lowest BCUT2D eigenvalue weighted by Gasteiger charge is -2.11. The number of halogens is 2. The van der Waals surface area contributed by atoms with E-state index in [1.54, 1.807) is 18.3 Å². The summed E-state index contributed by atoms with van der Waals surface area (Å²) in [6.07, 6.45) is 1.63. The van der Waals surface area contributed by atoms with Gasteiger partial charge in [-0.05, 0) is 34.1 Å². The summed E-state index contributed by atoms with van der Waals surface area (Å²) in [5, 5.41) is 18.2. The Kier molecular flexibility index (Phi) is 4.56. The second-order valence-corrected chi connectivity index (χ2v) is 5.69. The molecule has 1 amide bonds. The van der Waals surface area contributed by atoms with Crippen LogP contribution in [0.3, 0.4) is 0 Å². The van der Waals surface area contributed by atoms with Crippen molar-refractivity contribution in [1.82, 2.24) is 10.2 Å². The van der Waals surface area contributed by atoms with Crippen molar-refractivity contribution >= 4 is 49.4 Å². The summed E-state index contributed by atoms with van der Waals surface area (Å²) in [6.45, 7) is 0. The fraction of sp³-hybridized carbons (Fsp3) is 0.0833. The number of aromatic nitrogens is 2. The first kappa shape index (κ1) is 14.7. The zero-order valence-electron chi connectivity index (χ0n) is 9.98. The Morgan fingerprint density at radius 1 is 1.35 bits per heavy atom. The van der Waals surface area contributed by atoms with Crippen molar-refractivity contribution in [1.29, 1.82) is 0 Å². The number of hydrogen-bond acceptors (Lipinski definition) is 3. The van der Waals surface area contributed by atoms with Gasteiger partial charge in [-0.2, -0.15) is 5.10 Å². The highest BCUT2D eigenvalue weighted by Crippen LogP contribution is 2.31. The van der Waals surface area contributed by atoms with Gasteiger partial charge in [0.15, 0.2) is 0 Å². The second-order valence-electron chi connectivity index (χ2n) is 3.92. The first-order chi connectivity index (χ1) is 9.47. The van der Waals surface area contributed by atoms with E-state index < -0.39 is 5.97 Å². The van der Waals surface area contributed by atoms with Crippen molar-refractivity contribution in [3.05, 3.63) is 44.6 Å². The normalized spacial score (nSPS) is 10.3. The second kappa shape index (κ2) is 6.19. The van der Waals surface area contributed by atoms with Gasteiger partial charge in [0, 0.05) is 20.8 Å². The fourth-order valence-electron chi connectivity index (χ4n) is 1.61. The number of nitrogens with zero attached hydrogens (tertiary/aromatic N) is 1. The summed E-state index contributed by atoms with van der Waals surface area (Å²) in [5.74, 6) is -1.45. The van der Waals surface area contributed by atoms with E-state index in [0.717, 1.165) is 0 Å². The number of amides is 1. The molecule has 0 saturated carbocycles. The largest absolute Gasteiger partial charge is 0.478 e. The van der Waals surface area contributed by atoms with Crippen LogP contribution in [0.15, 0.2) is 33.3 Å². The third-order valence-corrected chi connectivity index (χ3v) is 3.54. The highest BCUT2D eigenvalue weighted by Gasteiger charge is 2.17. The van der Waals surface area contributed by atoms with Crippen molar-refractivity contribution in [2.45, 2.75) is 6.42 Å². The van der Waals surface area contributed by atoms with Crippen LogP contribution in [0.2, 0.25) is 0 Å². The van der Waals surface area contributed by atoms with E-state index in [2.05, 4.69) is 47.4 Å². The van der Waals surface area contributed by atoms with Crippen LogP contribution in [0, 0.1) is 0 Å². The number of nitrogens with one attached hydrogen (secondary N) is 2. The van der Waals surface area contributed by atoms with Gasteiger partial charge in [0.05, 0.1) is 17.7 Å². The molecule has 1 aromatic carbocycles. The predicted molar refractivity (Wildman–Crippen MR) is 79.7 cm³/mol. The van der Waals surface area contributed by atoms with E-state index in [4.69, 9.17) is 0 Å². The van der Waals surface area contributed by atoms with Gasteiger partial charge >= 0.3 is 5.97 Å². The lowest BCUT2D eigenvalue weighted by Crippen LogP contribution is -2.17. The van der Waals surface area contributed by atoms with Crippen LogP contribution in [0.4, 0.5) is 5.69 Å². The zero-order chi connectivity index (χ0) is 14.7. The lowest BCUT2D eigenvalue weighted by atomic mass is 10.1. The van der Waals surface area contributed by atoms with Crippen LogP contribution in [0.25, 0.3) is 0 Å². The summed E-state index contributed by atoms with van der Waals surface area (Å²) in [5.41, 5.74) is 0.877. The molecule has 0 spiro atoms. The number of carboxylic acid groups (broad SMARTS) is 1. The summed E-state index contributed by atoms with van der Waals surface area (Å²) in [4.78, 5) is 23.1. The molecule has 0 aliphatic carbocycles. The maximum absolute atomic E-state index is 11.9. The van der Waals surface area contributed by atoms with Gasteiger partial charge in [0.25, 0.3) is 0 Å². The molecule has 0 aliphatic heterocycles. The molecule has 6 nitrogen and oxygen atoms in total. The van der Waals surface area contributed by atoms with Crippen LogP contribution >= 0.6 is 31.9 Å². The van der Waals surface area contributed by atoms with Gasteiger partial charge in [-0.25, -0.2) is 4.79 Å². The molecular weight excluding hydrogens is 394 g/mol. The Hall–Kier alpha value is -1.67. The van der Waals surface area contributed by atoms with E-state index in [1.807, 2.05) is 0 Å². The Morgan fingerprint density at radius 3 is 2.70 bits per heavy atom. The van der Waals surface area contributed by atoms with Crippen LogP contribution in [0.5, 0.6) is 0 Å². The molecule has 2 rings (SSSR count). The molecule has 0 aliphatic rings. The number of carbonyl (C=O) groups is 2. The van der Waals surface area contributed by atoms with Crippen molar-refractivity contribution in [2.24, 2.45) is 0 Å². The van der Waals surface area contributed by atoms with Crippen LogP contribution in [-0.2, 0) is 11.2 Å². The number of carbonyl (C=O) groups excluding carboxylic acids is 1. The number of benzene rings is 1. The molecule has 0 radical (unpaired) electrons. The number of carboxylic acids is 1. The molecule has 0 unspecified atom stereocenters. The first-order valence-electron chi connectivity index (χ1n) is 5.48. The van der Waals surface area contributed by atoms with Gasteiger partial charge in [-0.1, -0.05) is 15.9 Å². The SMILES string of the molecule is O=C(Cc1ccn[nH]1)Nc1c(Br)cc(Br)cc1C(=O)O. The van der Waals surface area contributed by atoms with E-state index in [1.165, 1.54) is 6.07 Å². The van der Waals surface area contributed by atoms with Crippen molar-refractivity contribution in [3.8, 4) is 0 Å². The summed E-state index contributed by atoms with van der Waals surface area (Å²) in [7, 11) is 0. The number of anilines is 1. The highest BCUT2D eigenvalue weighted by molar-refractivity contribution is 9.11. The molecule has 8 heteroatoms. The summed E-state index contributed by atoms with van der Waals surface area (Å²) < 4.78 is 1.09. The lowest BCUT2D eigenvalue weighted by molar-refractivity contribution is -0.115. The average Bonchev–Trinajstić information content (AvgIpc) is 2.84. The van der Waals surface area contributed by atoms with Crippen molar-refractivity contribution < 1.29 is 14.7 Å². The molecule has 1 heterocycles. The number of aromatic carboxylic acids is 1. The smallest absolute Gasteiger partial charge is 0.337 e. The Bertz CT molecular complexity index is 656. The molecule has 2 aromatic rings. The van der Waals surface area contributed by atoms with Gasteiger partial charge < -0.3 is 10.4 Å². The fourth-order valence-corrected chi connectivity index (χ4v) is 2.93. The van der Waals surface area contributed by atoms with E-state index in [-0.39, 0.29) is 23.6 Å². The molecule has 0 bridgehead atoms. The van der Waals surface area contributed by atoms with Gasteiger partial charge in [-0.3, -0.25) is 9.89 Å². The minimum Gasteiger partial charge on any atom is -0.478 e. The van der Waals surface area contributed by atoms with E-state index >= 15 is 0 Å². The molecule has 0 fully saturated rings. The van der Waals surface area contributed by atoms with Crippen molar-refractivity contribution in [2.75, 3.05) is 5.32 Å². The Morgan fingerprint density at radius 2 is 2.10 bits per heavy atom. The minimum atomic E-state index is -1.12. The number of aromatic amines is 1. The summed E-state index contributed by atoms with van der Waals surface area (Å²) in [6, 6.07) is 4.77. The molecule has 20 heavy (non-hydrogen) atoms. The van der Waals surface area contributed by atoms with Crippen LogP contribution < -0.4 is 5.32 Å². The standard InChI is InChI=1S/C12H9Br2N3O3/c13-6-3-8(12(19)20)11(9(14)4-6)16-10(18)5-7-1-2-15-17-7/h1-4H,5H2,(H,15,17)(H,16,18)(H,19,20).